The molecule has 6 N–H and O–H groups in total. The summed E-state index contributed by atoms with van der Waals surface area (Å²) in [6, 6.07) is 7.75. The molecular weight excluding hydrogens is 358 g/mol. The van der Waals surface area contributed by atoms with E-state index in [1.54, 1.807) is 7.11 Å². The van der Waals surface area contributed by atoms with Gasteiger partial charge in [0.2, 0.25) is 17.8 Å². The number of methoxy groups -OCH3 is 1. The Bertz CT molecular complexity index is 759. The van der Waals surface area contributed by atoms with Crippen LogP contribution in [0.1, 0.15) is 31.2 Å². The first-order valence-electron chi connectivity index (χ1n) is 9.69. The number of nitrogens with zero attached hydrogens (tertiary/aromatic N) is 3. The van der Waals surface area contributed by atoms with Crippen molar-refractivity contribution in [2.24, 2.45) is 5.73 Å². The first kappa shape index (κ1) is 20.1. The van der Waals surface area contributed by atoms with Crippen molar-refractivity contribution in [3.8, 4) is 5.75 Å². The van der Waals surface area contributed by atoms with E-state index in [2.05, 4.69) is 30.9 Å². The second kappa shape index (κ2) is 10.0. The number of rotatable bonds is 9. The van der Waals surface area contributed by atoms with Gasteiger partial charge in [-0.25, -0.2) is 0 Å². The summed E-state index contributed by atoms with van der Waals surface area (Å²) in [5.41, 5.74) is 6.62. The van der Waals surface area contributed by atoms with E-state index in [0.29, 0.717) is 37.5 Å². The van der Waals surface area contributed by atoms with Crippen LogP contribution in [0.4, 0.5) is 17.8 Å². The van der Waals surface area contributed by atoms with Crippen LogP contribution in [0.2, 0.25) is 0 Å². The van der Waals surface area contributed by atoms with Gasteiger partial charge in [0, 0.05) is 19.6 Å². The zero-order valence-corrected chi connectivity index (χ0v) is 16.2. The van der Waals surface area contributed by atoms with Gasteiger partial charge in [-0.1, -0.05) is 25.0 Å². The van der Waals surface area contributed by atoms with Crippen LogP contribution in [0.25, 0.3) is 0 Å². The van der Waals surface area contributed by atoms with Gasteiger partial charge in [0.05, 0.1) is 19.3 Å². The fourth-order valence-corrected chi connectivity index (χ4v) is 3.19. The molecule has 1 heterocycles. The molecule has 2 atom stereocenters. The van der Waals surface area contributed by atoms with Crippen molar-refractivity contribution in [2.75, 3.05) is 36.1 Å². The molecule has 1 aromatic heterocycles. The molecule has 0 amide bonds. The fraction of sp³-hybridized carbons (Fsp3) is 0.526. The van der Waals surface area contributed by atoms with Crippen LogP contribution in [0.3, 0.4) is 0 Å². The first-order valence-corrected chi connectivity index (χ1v) is 9.69. The number of hydrogen-bond donors (Lipinski definition) is 5. The monoisotopic (exact) mass is 387 g/mol. The van der Waals surface area contributed by atoms with Crippen molar-refractivity contribution >= 4 is 17.8 Å². The zero-order valence-electron chi connectivity index (χ0n) is 16.2. The predicted octanol–water partition coefficient (Wildman–Crippen LogP) is 1.58. The molecular formula is C19H29N7O2. The number of aromatic nitrogens is 3. The minimum absolute atomic E-state index is 0.0512. The van der Waals surface area contributed by atoms with Gasteiger partial charge < -0.3 is 31.5 Å². The molecule has 0 bridgehead atoms. The van der Waals surface area contributed by atoms with Gasteiger partial charge in [-0.05, 0) is 30.5 Å². The summed E-state index contributed by atoms with van der Waals surface area (Å²) in [5, 5.41) is 19.8. The summed E-state index contributed by atoms with van der Waals surface area (Å²) < 4.78 is 5.26. The highest BCUT2D eigenvalue weighted by Crippen LogP contribution is 2.22. The summed E-state index contributed by atoms with van der Waals surface area (Å²) in [6.07, 6.45) is 3.43. The maximum atomic E-state index is 10.2. The Kier molecular flexibility index (Phi) is 7.21. The Morgan fingerprint density at radius 3 is 2.61 bits per heavy atom. The lowest BCUT2D eigenvalue weighted by Gasteiger charge is -2.28. The second-order valence-corrected chi connectivity index (χ2v) is 6.83. The molecule has 0 spiro atoms. The van der Waals surface area contributed by atoms with Crippen LogP contribution in [0, 0.1) is 0 Å². The van der Waals surface area contributed by atoms with Crippen LogP contribution in [-0.2, 0) is 6.54 Å². The van der Waals surface area contributed by atoms with Crippen LogP contribution >= 0.6 is 0 Å². The van der Waals surface area contributed by atoms with Gasteiger partial charge in [0.15, 0.2) is 0 Å². The maximum absolute atomic E-state index is 10.2. The Balaban J connectivity index is 1.72. The van der Waals surface area contributed by atoms with E-state index in [0.717, 1.165) is 37.0 Å². The van der Waals surface area contributed by atoms with E-state index in [1.807, 2.05) is 24.3 Å². The van der Waals surface area contributed by atoms with E-state index in [9.17, 15) is 5.11 Å². The summed E-state index contributed by atoms with van der Waals surface area (Å²) in [6.45, 7) is 1.58. The molecule has 3 rings (SSSR count). The lowest BCUT2D eigenvalue weighted by molar-refractivity contribution is 0.116. The van der Waals surface area contributed by atoms with Crippen molar-refractivity contribution in [1.29, 1.82) is 0 Å². The number of anilines is 3. The fourth-order valence-electron chi connectivity index (χ4n) is 3.19. The van der Waals surface area contributed by atoms with Crippen molar-refractivity contribution < 1.29 is 9.84 Å². The number of benzene rings is 1. The molecule has 1 aliphatic carbocycles. The highest BCUT2D eigenvalue weighted by atomic mass is 16.5. The standard InChI is InChI=1S/C19H29N7O2/c1-28-14-6-4-5-13(11-14)12-22-18-24-17(21-10-9-20)25-19(26-18)23-15-7-2-3-8-16(15)27/h4-6,11,15-16,27H,2-3,7-10,12,20H2,1H3,(H3,21,22,23,24,25,26). The number of aliphatic hydroxyl groups excluding tert-OH is 1. The first-order chi connectivity index (χ1) is 13.7. The molecule has 9 heteroatoms. The molecule has 1 saturated carbocycles. The van der Waals surface area contributed by atoms with Crippen molar-refractivity contribution in [3.63, 3.8) is 0 Å². The summed E-state index contributed by atoms with van der Waals surface area (Å²) >= 11 is 0. The molecule has 2 aromatic rings. The molecule has 152 valence electrons. The Morgan fingerprint density at radius 1 is 1.11 bits per heavy atom. The average molecular weight is 387 g/mol. The average Bonchev–Trinajstić information content (AvgIpc) is 2.72. The topological polar surface area (TPSA) is 130 Å². The highest BCUT2D eigenvalue weighted by Gasteiger charge is 2.24. The largest absolute Gasteiger partial charge is 0.497 e. The van der Waals surface area contributed by atoms with Crippen LogP contribution < -0.4 is 26.4 Å². The molecule has 9 nitrogen and oxygen atoms in total. The van der Waals surface area contributed by atoms with E-state index < -0.39 is 0 Å². The molecule has 0 radical (unpaired) electrons. The Hall–Kier alpha value is -2.65. The maximum Gasteiger partial charge on any atom is 0.229 e. The molecule has 0 saturated heterocycles. The third kappa shape index (κ3) is 5.67. The number of nitrogens with one attached hydrogen (secondary N) is 3. The van der Waals surface area contributed by atoms with Crippen LogP contribution in [0.15, 0.2) is 24.3 Å². The molecule has 1 fully saturated rings. The van der Waals surface area contributed by atoms with Crippen molar-refractivity contribution in [2.45, 2.75) is 44.4 Å². The molecule has 28 heavy (non-hydrogen) atoms. The summed E-state index contributed by atoms with van der Waals surface area (Å²) in [5.74, 6) is 2.13. The third-order valence-electron chi connectivity index (χ3n) is 4.69. The molecule has 0 aliphatic heterocycles. The van der Waals surface area contributed by atoms with Crippen molar-refractivity contribution in [3.05, 3.63) is 29.8 Å². The summed E-state index contributed by atoms with van der Waals surface area (Å²) in [4.78, 5) is 13.3. The number of hydrogen-bond acceptors (Lipinski definition) is 9. The van der Waals surface area contributed by atoms with Gasteiger partial charge in [-0.2, -0.15) is 15.0 Å². The zero-order chi connectivity index (χ0) is 19.8. The smallest absolute Gasteiger partial charge is 0.229 e. The number of nitrogens with two attached hydrogens (primary N) is 1. The van der Waals surface area contributed by atoms with E-state index >= 15 is 0 Å². The Labute approximate surface area is 165 Å². The number of aliphatic hydroxyl groups is 1. The minimum atomic E-state index is -0.390. The van der Waals surface area contributed by atoms with E-state index in [-0.39, 0.29) is 12.1 Å². The predicted molar refractivity (Wildman–Crippen MR) is 110 cm³/mol. The molecule has 2 unspecified atom stereocenters. The van der Waals surface area contributed by atoms with Crippen LogP contribution in [-0.4, -0.2) is 52.4 Å². The molecule has 1 aromatic carbocycles. The highest BCUT2D eigenvalue weighted by molar-refractivity contribution is 5.43. The number of ether oxygens (including phenoxy) is 1. The SMILES string of the molecule is COc1cccc(CNc2nc(NCCN)nc(NC3CCCCC3O)n2)c1. The van der Waals surface area contributed by atoms with E-state index in [1.165, 1.54) is 0 Å². The van der Waals surface area contributed by atoms with Gasteiger partial charge in [0.1, 0.15) is 5.75 Å². The quantitative estimate of drug-likeness (QED) is 0.435. The van der Waals surface area contributed by atoms with Crippen LogP contribution in [0.5, 0.6) is 5.75 Å². The minimum Gasteiger partial charge on any atom is -0.497 e. The van der Waals surface area contributed by atoms with Crippen molar-refractivity contribution in [1.82, 2.24) is 15.0 Å². The normalized spacial score (nSPS) is 19.1. The third-order valence-corrected chi connectivity index (χ3v) is 4.69. The summed E-state index contributed by atoms with van der Waals surface area (Å²) in [7, 11) is 1.64. The Morgan fingerprint density at radius 2 is 1.86 bits per heavy atom. The van der Waals surface area contributed by atoms with Gasteiger partial charge in [-0.3, -0.25) is 0 Å². The molecule has 1 aliphatic rings. The lowest BCUT2D eigenvalue weighted by Crippen LogP contribution is -2.37. The van der Waals surface area contributed by atoms with E-state index in [4.69, 9.17) is 10.5 Å². The second-order valence-electron chi connectivity index (χ2n) is 6.83. The van der Waals surface area contributed by atoms with Gasteiger partial charge >= 0.3 is 0 Å². The van der Waals surface area contributed by atoms with Gasteiger partial charge in [0.25, 0.3) is 0 Å². The lowest BCUT2D eigenvalue weighted by atomic mass is 9.93. The van der Waals surface area contributed by atoms with Gasteiger partial charge in [-0.15, -0.1) is 0 Å².